The fourth-order valence-corrected chi connectivity index (χ4v) is 4.24. The molecule has 156 valence electrons. The van der Waals surface area contributed by atoms with Crippen LogP contribution < -0.4 is 11.0 Å². The number of fused-ring (bicyclic) bond motifs is 1. The van der Waals surface area contributed by atoms with E-state index in [1.807, 2.05) is 23.1 Å². The molecule has 2 aliphatic heterocycles. The van der Waals surface area contributed by atoms with Gasteiger partial charge in [0.15, 0.2) is 0 Å². The van der Waals surface area contributed by atoms with E-state index in [-0.39, 0.29) is 17.8 Å². The van der Waals surface area contributed by atoms with Gasteiger partial charge in [-0.2, -0.15) is 5.10 Å². The van der Waals surface area contributed by atoms with Crippen LogP contribution in [-0.2, 0) is 19.5 Å². The van der Waals surface area contributed by atoms with Gasteiger partial charge in [0.25, 0.3) is 0 Å². The van der Waals surface area contributed by atoms with Crippen LogP contribution in [0.25, 0.3) is 0 Å². The lowest BCUT2D eigenvalue weighted by Crippen LogP contribution is -2.52. The molecule has 2 aromatic rings. The molecule has 0 aliphatic carbocycles. The topological polar surface area (TPSA) is 75.4 Å². The Hall–Kier alpha value is -2.61. The maximum absolute atomic E-state index is 12.8. The second kappa shape index (κ2) is 8.82. The van der Waals surface area contributed by atoms with E-state index in [2.05, 4.69) is 34.5 Å². The van der Waals surface area contributed by atoms with E-state index >= 15 is 0 Å². The Bertz CT molecular complexity index is 890. The predicted molar refractivity (Wildman–Crippen MR) is 111 cm³/mol. The summed E-state index contributed by atoms with van der Waals surface area (Å²) in [6.45, 7) is 4.23. The third-order valence-corrected chi connectivity index (χ3v) is 5.88. The second-order valence-electron chi connectivity index (χ2n) is 8.00. The number of likely N-dealkylation sites (N-methyl/N-ethyl adjacent to an activating group) is 1. The highest BCUT2D eigenvalue weighted by molar-refractivity contribution is 5.75. The number of nitrogens with zero attached hydrogens (tertiary/aromatic N) is 5. The first-order valence-electron chi connectivity index (χ1n) is 10.6. The SMILES string of the molecule is CN1CCN(C(=O)NCCCn2nc3n(c2=O)CCCC3)C(c2ccccc2)C1. The van der Waals surface area contributed by atoms with Crippen molar-refractivity contribution >= 4 is 6.03 Å². The summed E-state index contributed by atoms with van der Waals surface area (Å²) in [5.41, 5.74) is 1.14. The number of piperazine rings is 1. The molecule has 1 saturated heterocycles. The van der Waals surface area contributed by atoms with E-state index in [4.69, 9.17) is 0 Å². The van der Waals surface area contributed by atoms with Crippen molar-refractivity contribution in [2.75, 3.05) is 33.2 Å². The predicted octanol–water partition coefficient (Wildman–Crippen LogP) is 1.47. The van der Waals surface area contributed by atoms with Crippen molar-refractivity contribution in [2.45, 2.75) is 44.8 Å². The summed E-state index contributed by atoms with van der Waals surface area (Å²) < 4.78 is 3.34. The van der Waals surface area contributed by atoms with E-state index in [1.165, 1.54) is 0 Å². The van der Waals surface area contributed by atoms with Gasteiger partial charge in [-0.1, -0.05) is 30.3 Å². The summed E-state index contributed by atoms with van der Waals surface area (Å²) in [4.78, 5) is 29.4. The fraction of sp³-hybridized carbons (Fsp3) is 0.571. The lowest BCUT2D eigenvalue weighted by molar-refractivity contribution is 0.109. The van der Waals surface area contributed by atoms with Crippen LogP contribution in [0.15, 0.2) is 35.1 Å². The average Bonchev–Trinajstić information content (AvgIpc) is 3.07. The van der Waals surface area contributed by atoms with Gasteiger partial charge in [0.2, 0.25) is 0 Å². The number of aryl methyl sites for hydroxylation is 2. The van der Waals surface area contributed by atoms with Crippen LogP contribution in [0, 0.1) is 0 Å². The van der Waals surface area contributed by atoms with E-state index < -0.39 is 0 Å². The zero-order valence-corrected chi connectivity index (χ0v) is 17.1. The van der Waals surface area contributed by atoms with E-state index in [0.29, 0.717) is 26.1 Å². The molecular weight excluding hydrogens is 368 g/mol. The Morgan fingerprint density at radius 1 is 1.17 bits per heavy atom. The van der Waals surface area contributed by atoms with Crippen LogP contribution in [0.3, 0.4) is 0 Å². The van der Waals surface area contributed by atoms with Crippen LogP contribution in [0.2, 0.25) is 0 Å². The Morgan fingerprint density at radius 2 is 2.00 bits per heavy atom. The van der Waals surface area contributed by atoms with Crippen LogP contribution >= 0.6 is 0 Å². The van der Waals surface area contributed by atoms with Gasteiger partial charge in [0, 0.05) is 45.7 Å². The van der Waals surface area contributed by atoms with Crippen molar-refractivity contribution < 1.29 is 4.79 Å². The molecule has 1 N–H and O–H groups in total. The Balaban J connectivity index is 1.32. The molecule has 1 aromatic carbocycles. The zero-order chi connectivity index (χ0) is 20.2. The molecule has 8 heteroatoms. The largest absolute Gasteiger partial charge is 0.345 e. The number of rotatable bonds is 5. The van der Waals surface area contributed by atoms with E-state index in [9.17, 15) is 9.59 Å². The maximum Gasteiger partial charge on any atom is 0.345 e. The molecule has 1 atom stereocenters. The lowest BCUT2D eigenvalue weighted by Gasteiger charge is -2.40. The number of benzene rings is 1. The molecule has 0 spiro atoms. The van der Waals surface area contributed by atoms with Crippen molar-refractivity contribution in [3.05, 3.63) is 52.2 Å². The average molecular weight is 399 g/mol. The normalized spacial score (nSPS) is 19.8. The van der Waals surface area contributed by atoms with Gasteiger partial charge in [0.1, 0.15) is 5.82 Å². The summed E-state index contributed by atoms with van der Waals surface area (Å²) in [6, 6.07) is 10.2. The number of hydrogen-bond donors (Lipinski definition) is 1. The third-order valence-electron chi connectivity index (χ3n) is 5.88. The minimum atomic E-state index is -0.0385. The number of aromatic nitrogens is 3. The molecule has 3 heterocycles. The molecule has 1 unspecified atom stereocenters. The number of carbonyl (C=O) groups is 1. The first-order valence-corrected chi connectivity index (χ1v) is 10.6. The van der Waals surface area contributed by atoms with Crippen LogP contribution in [0.4, 0.5) is 4.79 Å². The van der Waals surface area contributed by atoms with Crippen molar-refractivity contribution in [1.29, 1.82) is 0 Å². The van der Waals surface area contributed by atoms with Gasteiger partial charge in [-0.05, 0) is 31.9 Å². The summed E-state index contributed by atoms with van der Waals surface area (Å²) in [6.07, 6.45) is 3.71. The van der Waals surface area contributed by atoms with Crippen molar-refractivity contribution in [3.63, 3.8) is 0 Å². The number of urea groups is 1. The summed E-state index contributed by atoms with van der Waals surface area (Å²) in [5.74, 6) is 0.897. The monoisotopic (exact) mass is 398 g/mol. The fourth-order valence-electron chi connectivity index (χ4n) is 4.24. The first kappa shape index (κ1) is 19.7. The van der Waals surface area contributed by atoms with Gasteiger partial charge in [-0.15, -0.1) is 0 Å². The third kappa shape index (κ3) is 4.37. The summed E-state index contributed by atoms with van der Waals surface area (Å²) >= 11 is 0. The van der Waals surface area contributed by atoms with Gasteiger partial charge >= 0.3 is 11.7 Å². The quantitative estimate of drug-likeness (QED) is 0.774. The molecule has 29 heavy (non-hydrogen) atoms. The molecular formula is C21H30N6O2. The van der Waals surface area contributed by atoms with Gasteiger partial charge in [-0.25, -0.2) is 14.3 Å². The maximum atomic E-state index is 12.8. The highest BCUT2D eigenvalue weighted by atomic mass is 16.2. The molecule has 0 saturated carbocycles. The Kier molecular flexibility index (Phi) is 5.99. The minimum absolute atomic E-state index is 0.0192. The highest BCUT2D eigenvalue weighted by Gasteiger charge is 2.30. The Morgan fingerprint density at radius 3 is 2.79 bits per heavy atom. The first-order chi connectivity index (χ1) is 14.1. The van der Waals surface area contributed by atoms with Crippen molar-refractivity contribution in [2.24, 2.45) is 0 Å². The second-order valence-corrected chi connectivity index (χ2v) is 8.00. The molecule has 8 nitrogen and oxygen atoms in total. The van der Waals surface area contributed by atoms with E-state index in [0.717, 1.165) is 50.3 Å². The zero-order valence-electron chi connectivity index (χ0n) is 17.1. The van der Waals surface area contributed by atoms with Gasteiger partial charge < -0.3 is 15.1 Å². The van der Waals surface area contributed by atoms with E-state index in [1.54, 1.807) is 9.25 Å². The molecule has 0 radical (unpaired) electrons. The Labute approximate surface area is 171 Å². The molecule has 4 rings (SSSR count). The smallest absolute Gasteiger partial charge is 0.338 e. The molecule has 1 fully saturated rings. The number of carbonyl (C=O) groups excluding carboxylic acids is 1. The van der Waals surface area contributed by atoms with Crippen molar-refractivity contribution in [3.8, 4) is 0 Å². The number of nitrogens with one attached hydrogen (secondary N) is 1. The molecule has 2 aliphatic rings. The van der Waals surface area contributed by atoms with Crippen LogP contribution in [-0.4, -0.2) is 63.4 Å². The van der Waals surface area contributed by atoms with Gasteiger partial charge in [-0.3, -0.25) is 4.57 Å². The number of hydrogen-bond acceptors (Lipinski definition) is 4. The minimum Gasteiger partial charge on any atom is -0.338 e. The molecule has 0 bridgehead atoms. The number of amides is 2. The van der Waals surface area contributed by atoms with Crippen LogP contribution in [0.5, 0.6) is 0 Å². The molecule has 2 amide bonds. The molecule has 1 aromatic heterocycles. The van der Waals surface area contributed by atoms with Gasteiger partial charge in [0.05, 0.1) is 6.04 Å². The lowest BCUT2D eigenvalue weighted by atomic mass is 10.0. The summed E-state index contributed by atoms with van der Waals surface area (Å²) in [7, 11) is 2.09. The highest BCUT2D eigenvalue weighted by Crippen LogP contribution is 2.24. The van der Waals surface area contributed by atoms with Crippen molar-refractivity contribution in [1.82, 2.24) is 29.5 Å². The van der Waals surface area contributed by atoms with Crippen LogP contribution in [0.1, 0.15) is 36.7 Å². The standard InChI is InChI=1S/C21H30N6O2/c1-24-14-15-25(18(16-24)17-8-3-2-4-9-17)20(28)22-11-7-13-27-21(29)26-12-6-5-10-19(26)23-27/h2-4,8-9,18H,5-7,10-16H2,1H3,(H,22,28). The summed E-state index contributed by atoms with van der Waals surface area (Å²) in [5, 5.41) is 7.49.